The molecule has 0 atom stereocenters. The van der Waals surface area contributed by atoms with Crippen molar-refractivity contribution in [3.8, 4) is 16.9 Å². The first-order valence-electron chi connectivity index (χ1n) is 14.7. The van der Waals surface area contributed by atoms with Gasteiger partial charge in [-0.15, -0.1) is 0 Å². The molecule has 6 aromatic carbocycles. The van der Waals surface area contributed by atoms with Crippen LogP contribution in [0.15, 0.2) is 146 Å². The number of ether oxygens (including phenoxy) is 1. The maximum atomic E-state index is 11.3. The zero-order valence-electron chi connectivity index (χ0n) is 25.1. The van der Waals surface area contributed by atoms with Gasteiger partial charge in [0.2, 0.25) is 0 Å². The molecule has 216 valence electrons. The lowest BCUT2D eigenvalue weighted by atomic mass is 10.0. The topological polar surface area (TPSA) is 32.8 Å². The molecule has 6 aromatic rings. The van der Waals surface area contributed by atoms with E-state index >= 15 is 0 Å². The van der Waals surface area contributed by atoms with E-state index in [1.165, 1.54) is 11.1 Å². The lowest BCUT2D eigenvalue weighted by molar-refractivity contribution is 0.112. The van der Waals surface area contributed by atoms with Gasteiger partial charge in [0.15, 0.2) is 0 Å². The fourth-order valence-corrected chi connectivity index (χ4v) is 5.32. The quantitative estimate of drug-likeness (QED) is 0.161. The van der Waals surface area contributed by atoms with Crippen LogP contribution in [0.25, 0.3) is 11.1 Å². The average Bonchev–Trinajstić information content (AvgIpc) is 3.08. The van der Waals surface area contributed by atoms with Gasteiger partial charge in [-0.05, 0) is 122 Å². The molecule has 0 N–H and O–H groups in total. The summed E-state index contributed by atoms with van der Waals surface area (Å²) in [4.78, 5) is 15.7. The highest BCUT2D eigenvalue weighted by atomic mass is 16.5. The summed E-state index contributed by atoms with van der Waals surface area (Å²) in [5, 5.41) is 0. The van der Waals surface area contributed by atoms with E-state index in [1.807, 2.05) is 36.4 Å². The summed E-state index contributed by atoms with van der Waals surface area (Å²) in [6.45, 7) is 4.19. The summed E-state index contributed by atoms with van der Waals surface area (Å²) in [5.41, 5.74) is 11.7. The van der Waals surface area contributed by atoms with Crippen LogP contribution in [0.4, 0.5) is 34.1 Å². The monoisotopic (exact) mass is 574 g/mol. The van der Waals surface area contributed by atoms with Crippen molar-refractivity contribution >= 4 is 40.4 Å². The zero-order chi connectivity index (χ0) is 30.5. The summed E-state index contributed by atoms with van der Waals surface area (Å²) in [5.74, 6) is 0.829. The summed E-state index contributed by atoms with van der Waals surface area (Å²) in [7, 11) is 1.68. The second kappa shape index (κ2) is 12.7. The normalized spacial score (nSPS) is 10.7. The molecule has 0 bridgehead atoms. The number of nitrogens with zero attached hydrogens (tertiary/aromatic N) is 2. The van der Waals surface area contributed by atoms with Gasteiger partial charge in [-0.2, -0.15) is 0 Å². The molecule has 0 fully saturated rings. The van der Waals surface area contributed by atoms with E-state index in [9.17, 15) is 4.79 Å². The largest absolute Gasteiger partial charge is 0.497 e. The maximum Gasteiger partial charge on any atom is 0.150 e. The van der Waals surface area contributed by atoms with Crippen molar-refractivity contribution in [2.75, 3.05) is 16.9 Å². The number of anilines is 6. The van der Waals surface area contributed by atoms with Crippen molar-refractivity contribution in [2.24, 2.45) is 0 Å². The number of hydrogen-bond donors (Lipinski definition) is 0. The third-order valence-corrected chi connectivity index (χ3v) is 7.79. The van der Waals surface area contributed by atoms with Gasteiger partial charge in [0.25, 0.3) is 0 Å². The second-order valence-electron chi connectivity index (χ2n) is 10.8. The lowest BCUT2D eigenvalue weighted by Gasteiger charge is -2.26. The second-order valence-corrected chi connectivity index (χ2v) is 10.8. The molecule has 0 saturated heterocycles. The Morgan fingerprint density at radius 1 is 0.432 bits per heavy atom. The van der Waals surface area contributed by atoms with Crippen molar-refractivity contribution in [1.82, 2.24) is 0 Å². The molecule has 44 heavy (non-hydrogen) atoms. The SMILES string of the molecule is COc1ccc(N(c2ccc(C)cc2)c2ccc(-c3ccc(N(c4ccc(C)cc4)c4ccc(C=O)cc4)cc3)cc2)cc1. The van der Waals surface area contributed by atoms with Crippen LogP contribution in [0.3, 0.4) is 0 Å². The van der Waals surface area contributed by atoms with Crippen LogP contribution in [0.5, 0.6) is 5.75 Å². The van der Waals surface area contributed by atoms with Gasteiger partial charge in [-0.25, -0.2) is 0 Å². The number of benzene rings is 6. The standard InChI is InChI=1S/C40H34N2O2/c1-29-4-14-34(15-5-29)41(36-18-8-31(28-43)9-19-36)37-20-10-32(11-21-37)33-12-22-38(23-13-33)42(35-16-6-30(2)7-17-35)39-24-26-40(44-3)27-25-39/h4-28H,1-3H3. The van der Waals surface area contributed by atoms with Crippen LogP contribution in [-0.2, 0) is 0 Å². The lowest BCUT2D eigenvalue weighted by Crippen LogP contribution is -2.10. The minimum atomic E-state index is 0.657. The van der Waals surface area contributed by atoms with Gasteiger partial charge < -0.3 is 14.5 Å². The molecule has 6 rings (SSSR count). The predicted octanol–water partition coefficient (Wildman–Crippen LogP) is 10.7. The van der Waals surface area contributed by atoms with Crippen molar-refractivity contribution in [3.05, 3.63) is 162 Å². The van der Waals surface area contributed by atoms with Crippen molar-refractivity contribution in [2.45, 2.75) is 13.8 Å². The van der Waals surface area contributed by atoms with Crippen molar-refractivity contribution in [1.29, 1.82) is 0 Å². The van der Waals surface area contributed by atoms with E-state index in [0.29, 0.717) is 5.56 Å². The minimum absolute atomic E-state index is 0.657. The first-order valence-corrected chi connectivity index (χ1v) is 14.7. The van der Waals surface area contributed by atoms with Gasteiger partial charge in [0.1, 0.15) is 12.0 Å². The molecule has 0 aromatic heterocycles. The third-order valence-electron chi connectivity index (χ3n) is 7.79. The molecule has 0 amide bonds. The number of aldehydes is 1. The summed E-state index contributed by atoms with van der Waals surface area (Å²) in [6.07, 6.45) is 0.872. The first kappa shape index (κ1) is 28.5. The predicted molar refractivity (Wildman–Crippen MR) is 183 cm³/mol. The zero-order valence-corrected chi connectivity index (χ0v) is 25.1. The van der Waals surface area contributed by atoms with Crippen LogP contribution in [0.2, 0.25) is 0 Å². The van der Waals surface area contributed by atoms with E-state index in [1.54, 1.807) is 7.11 Å². The number of carbonyl (C=O) groups excluding carboxylic acids is 1. The molecular formula is C40H34N2O2. The minimum Gasteiger partial charge on any atom is -0.497 e. The molecule has 0 aliphatic carbocycles. The van der Waals surface area contributed by atoms with E-state index < -0.39 is 0 Å². The number of aryl methyl sites for hydroxylation is 2. The summed E-state index contributed by atoms with van der Waals surface area (Å²) in [6, 6.07) is 50.2. The molecule has 0 aliphatic rings. The summed E-state index contributed by atoms with van der Waals surface area (Å²) >= 11 is 0. The Morgan fingerprint density at radius 3 is 1.05 bits per heavy atom. The Labute approximate surface area is 259 Å². The molecule has 0 radical (unpaired) electrons. The maximum absolute atomic E-state index is 11.3. The Kier molecular flexibility index (Phi) is 8.24. The molecule has 0 heterocycles. The summed E-state index contributed by atoms with van der Waals surface area (Å²) < 4.78 is 5.39. The molecule has 0 unspecified atom stereocenters. The molecule has 0 aliphatic heterocycles. The Hall–Kier alpha value is -5.61. The van der Waals surface area contributed by atoms with Crippen LogP contribution in [0.1, 0.15) is 21.5 Å². The van der Waals surface area contributed by atoms with E-state index in [0.717, 1.165) is 57.3 Å². The average molecular weight is 575 g/mol. The smallest absolute Gasteiger partial charge is 0.150 e. The molecule has 4 heteroatoms. The highest BCUT2D eigenvalue weighted by Crippen LogP contribution is 2.38. The fourth-order valence-electron chi connectivity index (χ4n) is 5.32. The number of methoxy groups -OCH3 is 1. The van der Waals surface area contributed by atoms with Gasteiger partial charge in [0, 0.05) is 39.7 Å². The van der Waals surface area contributed by atoms with Gasteiger partial charge in [-0.1, -0.05) is 59.7 Å². The van der Waals surface area contributed by atoms with Gasteiger partial charge >= 0.3 is 0 Å². The Morgan fingerprint density at radius 2 is 0.727 bits per heavy atom. The highest BCUT2D eigenvalue weighted by Gasteiger charge is 2.15. The molecular weight excluding hydrogens is 540 g/mol. The van der Waals surface area contributed by atoms with Gasteiger partial charge in [0.05, 0.1) is 7.11 Å². The molecule has 0 spiro atoms. The van der Waals surface area contributed by atoms with Crippen LogP contribution < -0.4 is 14.5 Å². The molecule has 0 saturated carbocycles. The van der Waals surface area contributed by atoms with Crippen LogP contribution in [0, 0.1) is 13.8 Å². The third kappa shape index (κ3) is 6.11. The van der Waals surface area contributed by atoms with Crippen LogP contribution in [-0.4, -0.2) is 13.4 Å². The fraction of sp³-hybridized carbons (Fsp3) is 0.0750. The van der Waals surface area contributed by atoms with Crippen molar-refractivity contribution in [3.63, 3.8) is 0 Å². The van der Waals surface area contributed by atoms with Crippen LogP contribution >= 0.6 is 0 Å². The van der Waals surface area contributed by atoms with Gasteiger partial charge in [-0.3, -0.25) is 4.79 Å². The Balaban J connectivity index is 1.31. The van der Waals surface area contributed by atoms with E-state index in [4.69, 9.17) is 4.74 Å². The highest BCUT2D eigenvalue weighted by molar-refractivity contribution is 5.82. The van der Waals surface area contributed by atoms with E-state index in [2.05, 4.69) is 133 Å². The number of hydrogen-bond acceptors (Lipinski definition) is 4. The van der Waals surface area contributed by atoms with E-state index in [-0.39, 0.29) is 0 Å². The molecule has 4 nitrogen and oxygen atoms in total. The number of carbonyl (C=O) groups is 1. The number of rotatable bonds is 9. The van der Waals surface area contributed by atoms with Crippen molar-refractivity contribution < 1.29 is 9.53 Å². The Bertz CT molecular complexity index is 1830. The first-order chi connectivity index (χ1) is 21.5.